The molecule has 13 nitrogen and oxygen atoms in total. The quantitative estimate of drug-likeness (QED) is 0.170. The van der Waals surface area contributed by atoms with E-state index in [4.69, 9.17) is 0 Å². The molecule has 14 heteroatoms. The Morgan fingerprint density at radius 1 is 0.952 bits per heavy atom. The van der Waals surface area contributed by atoms with Gasteiger partial charge in [0.15, 0.2) is 0 Å². The van der Waals surface area contributed by atoms with Crippen LogP contribution in [0.25, 0.3) is 0 Å². The molecular formula is C28H37N7O6S. The fraction of sp³-hybridized carbons (Fsp3) is 0.464. The molecule has 0 unspecified atom stereocenters. The second-order valence-corrected chi connectivity index (χ2v) is 10.7. The van der Waals surface area contributed by atoms with E-state index in [1.807, 2.05) is 30.3 Å². The minimum atomic E-state index is -1.02. The highest BCUT2D eigenvalue weighted by molar-refractivity contribution is 7.96. The van der Waals surface area contributed by atoms with Gasteiger partial charge in [0.1, 0.15) is 30.2 Å². The number of amides is 5. The van der Waals surface area contributed by atoms with Gasteiger partial charge in [-0.15, -0.1) is 12.6 Å². The van der Waals surface area contributed by atoms with Gasteiger partial charge < -0.3 is 31.2 Å². The first-order chi connectivity index (χ1) is 20.0. The van der Waals surface area contributed by atoms with Crippen LogP contribution in [0.3, 0.4) is 0 Å². The molecule has 0 aliphatic carbocycles. The number of aromatic nitrogens is 2. The summed E-state index contributed by atoms with van der Waals surface area (Å²) in [5, 5.41) is 9.93. The molecule has 3 rings (SSSR count). The van der Waals surface area contributed by atoms with Crippen LogP contribution in [-0.2, 0) is 41.6 Å². The Bertz CT molecular complexity index is 1270. The van der Waals surface area contributed by atoms with Crippen molar-refractivity contribution in [2.45, 2.75) is 76.7 Å². The number of hydrogen-bond acceptors (Lipinski definition) is 7. The van der Waals surface area contributed by atoms with Gasteiger partial charge in [0.05, 0.1) is 6.33 Å². The summed E-state index contributed by atoms with van der Waals surface area (Å²) < 4.78 is 0. The van der Waals surface area contributed by atoms with Crippen LogP contribution < -0.4 is 21.3 Å². The number of likely N-dealkylation sites (tertiary alicyclic amines) is 1. The number of aromatic amines is 1. The molecule has 226 valence electrons. The molecule has 1 aromatic heterocycles. The second-order valence-electron chi connectivity index (χ2n) is 10.3. The van der Waals surface area contributed by atoms with E-state index < -0.39 is 64.9 Å². The van der Waals surface area contributed by atoms with Crippen LogP contribution in [0.5, 0.6) is 0 Å². The van der Waals surface area contributed by atoms with Crippen molar-refractivity contribution in [1.82, 2.24) is 36.1 Å². The van der Waals surface area contributed by atoms with Crippen LogP contribution in [0.1, 0.15) is 44.9 Å². The van der Waals surface area contributed by atoms with E-state index in [-0.39, 0.29) is 12.8 Å². The number of benzene rings is 1. The Morgan fingerprint density at radius 3 is 2.26 bits per heavy atom. The lowest BCUT2D eigenvalue weighted by molar-refractivity contribution is -0.141. The van der Waals surface area contributed by atoms with Crippen LogP contribution in [0, 0.1) is 0 Å². The highest BCUT2D eigenvalue weighted by Gasteiger charge is 2.38. The summed E-state index contributed by atoms with van der Waals surface area (Å²) in [5.41, 5.74) is 1.47. The third-order valence-corrected chi connectivity index (χ3v) is 7.20. The van der Waals surface area contributed by atoms with Crippen LogP contribution in [0.2, 0.25) is 0 Å². The van der Waals surface area contributed by atoms with Gasteiger partial charge in [0.2, 0.25) is 34.7 Å². The van der Waals surface area contributed by atoms with Crippen LogP contribution in [0.4, 0.5) is 0 Å². The van der Waals surface area contributed by atoms with E-state index in [9.17, 15) is 28.8 Å². The Labute approximate surface area is 249 Å². The molecule has 0 radical (unpaired) electrons. The van der Waals surface area contributed by atoms with Crippen molar-refractivity contribution in [3.8, 4) is 0 Å². The van der Waals surface area contributed by atoms with E-state index in [1.165, 1.54) is 38.2 Å². The van der Waals surface area contributed by atoms with Gasteiger partial charge in [0, 0.05) is 38.2 Å². The zero-order valence-corrected chi connectivity index (χ0v) is 24.6. The number of carbonyl (C=O) groups is 6. The number of rotatable bonds is 13. The van der Waals surface area contributed by atoms with E-state index >= 15 is 0 Å². The maximum atomic E-state index is 13.3. The summed E-state index contributed by atoms with van der Waals surface area (Å²) >= 11 is 3.93. The highest BCUT2D eigenvalue weighted by atomic mass is 32.1. The number of carbonyl (C=O) groups excluding carboxylic acids is 6. The van der Waals surface area contributed by atoms with E-state index in [0.29, 0.717) is 25.1 Å². The van der Waals surface area contributed by atoms with Crippen molar-refractivity contribution in [1.29, 1.82) is 0 Å². The lowest BCUT2D eigenvalue weighted by atomic mass is 10.1. The molecule has 5 N–H and O–H groups in total. The smallest absolute Gasteiger partial charge is 0.245 e. The van der Waals surface area contributed by atoms with E-state index in [2.05, 4.69) is 43.9 Å². The molecule has 0 saturated carbocycles. The summed E-state index contributed by atoms with van der Waals surface area (Å²) in [4.78, 5) is 84.0. The second kappa shape index (κ2) is 15.1. The number of H-pyrrole nitrogens is 1. The minimum Gasteiger partial charge on any atom is -0.348 e. The van der Waals surface area contributed by atoms with Crippen molar-refractivity contribution in [2.24, 2.45) is 0 Å². The third kappa shape index (κ3) is 9.16. The molecule has 0 bridgehead atoms. The largest absolute Gasteiger partial charge is 0.348 e. The van der Waals surface area contributed by atoms with Crippen LogP contribution >= 0.6 is 12.6 Å². The summed E-state index contributed by atoms with van der Waals surface area (Å²) in [6.07, 6.45) is 4.36. The molecule has 1 aliphatic rings. The van der Waals surface area contributed by atoms with Crippen molar-refractivity contribution in [3.05, 3.63) is 54.1 Å². The van der Waals surface area contributed by atoms with Gasteiger partial charge >= 0.3 is 0 Å². The molecule has 1 fully saturated rings. The maximum absolute atomic E-state index is 13.3. The first-order valence-corrected chi connectivity index (χ1v) is 14.1. The van der Waals surface area contributed by atoms with Gasteiger partial charge in [-0.2, -0.15) is 0 Å². The fourth-order valence-electron chi connectivity index (χ4n) is 4.72. The zero-order chi connectivity index (χ0) is 30.8. The average molecular weight is 600 g/mol. The standard InChI is InChI=1S/C28H37N7O6S/c1-16(31-25(38)21(33-18(3)36)13-20-14-29-15-30-20)24(37)32-17(2)27(40)35-11-7-10-23(35)26(39)34-22(28(41)42)12-19-8-5-4-6-9-19/h4-6,8-9,14-17,21-23H,7,10-13H2,1-3H3,(H,29,30)(H,31,38)(H,32,37)(H,33,36)(H,34,39)(H,41,42)/t16-,17-,21-,22+,23-/m0/s1. The summed E-state index contributed by atoms with van der Waals surface area (Å²) in [5.74, 6) is -2.55. The van der Waals surface area contributed by atoms with Gasteiger partial charge in [-0.3, -0.25) is 28.8 Å². The van der Waals surface area contributed by atoms with Gasteiger partial charge in [0.25, 0.3) is 0 Å². The molecule has 2 heterocycles. The molecule has 5 atom stereocenters. The van der Waals surface area contributed by atoms with Crippen LogP contribution in [-0.4, -0.2) is 86.3 Å². The van der Waals surface area contributed by atoms with Crippen molar-refractivity contribution >= 4 is 47.3 Å². The molecule has 1 aliphatic heterocycles. The molecule has 1 aromatic carbocycles. The van der Waals surface area contributed by atoms with Crippen molar-refractivity contribution < 1.29 is 28.8 Å². The predicted molar refractivity (Wildman–Crippen MR) is 156 cm³/mol. The predicted octanol–water partition coefficient (Wildman–Crippen LogP) is -0.359. The zero-order valence-electron chi connectivity index (χ0n) is 23.8. The normalized spacial score (nSPS) is 17.3. The molecule has 0 spiro atoms. The van der Waals surface area contributed by atoms with E-state index in [1.54, 1.807) is 0 Å². The van der Waals surface area contributed by atoms with Crippen LogP contribution in [0.15, 0.2) is 42.9 Å². The first kappa shape index (κ1) is 32.3. The molecule has 1 saturated heterocycles. The monoisotopic (exact) mass is 599 g/mol. The van der Waals surface area contributed by atoms with Gasteiger partial charge in [-0.25, -0.2) is 4.98 Å². The SMILES string of the molecule is CC(=O)N[C@@H](Cc1cnc[nH]1)C(=O)N[C@@H](C)C(=O)N[C@@H](C)C(=O)N1CCC[C@H]1C(=O)N[C@H](Cc1ccccc1)C(=O)S. The Morgan fingerprint density at radius 2 is 1.64 bits per heavy atom. The number of hydrogen-bond donors (Lipinski definition) is 6. The van der Waals surface area contributed by atoms with E-state index in [0.717, 1.165) is 5.56 Å². The van der Waals surface area contributed by atoms with Gasteiger partial charge in [-0.1, -0.05) is 30.3 Å². The van der Waals surface area contributed by atoms with Crippen molar-refractivity contribution in [2.75, 3.05) is 6.54 Å². The molecule has 2 aromatic rings. The van der Waals surface area contributed by atoms with Gasteiger partial charge in [-0.05, 0) is 32.3 Å². The molecule has 5 amide bonds. The average Bonchev–Trinajstić information content (AvgIpc) is 3.64. The summed E-state index contributed by atoms with van der Waals surface area (Å²) in [7, 11) is 0. The Balaban J connectivity index is 1.56. The fourth-order valence-corrected chi connectivity index (χ4v) is 4.88. The third-order valence-electron chi connectivity index (χ3n) is 6.89. The highest BCUT2D eigenvalue weighted by Crippen LogP contribution is 2.19. The lowest BCUT2D eigenvalue weighted by Gasteiger charge is -2.29. The number of nitrogens with one attached hydrogen (secondary N) is 5. The van der Waals surface area contributed by atoms with Crippen molar-refractivity contribution in [3.63, 3.8) is 0 Å². The first-order valence-electron chi connectivity index (χ1n) is 13.7. The topological polar surface area (TPSA) is 182 Å². The lowest BCUT2D eigenvalue weighted by Crippen LogP contribution is -2.57. The summed E-state index contributed by atoms with van der Waals surface area (Å²) in [6, 6.07) is 4.56. The molecule has 42 heavy (non-hydrogen) atoms. The minimum absolute atomic E-state index is 0.137. The maximum Gasteiger partial charge on any atom is 0.245 e. The molecular weight excluding hydrogens is 562 g/mol. The number of nitrogens with zero attached hydrogens (tertiary/aromatic N) is 2. The Kier molecular flexibility index (Phi) is 11.7. The number of thiol groups is 1. The Hall–Kier alpha value is -4.20. The summed E-state index contributed by atoms with van der Waals surface area (Å²) in [6.45, 7) is 4.55. The number of imidazole rings is 1.